The molecule has 3 N–H and O–H groups in total. The molecule has 19 heavy (non-hydrogen) atoms. The van der Waals surface area contributed by atoms with Crippen LogP contribution in [0.25, 0.3) is 0 Å². The van der Waals surface area contributed by atoms with Crippen LogP contribution >= 0.6 is 23.2 Å². The number of hydrazine groups is 1. The van der Waals surface area contributed by atoms with Crippen molar-refractivity contribution in [2.45, 2.75) is 32.6 Å². The van der Waals surface area contributed by atoms with E-state index in [1.54, 1.807) is 12.1 Å². The number of halogens is 2. The molecule has 0 aliphatic heterocycles. The summed E-state index contributed by atoms with van der Waals surface area (Å²) in [5, 5.41) is 1.29. The van der Waals surface area contributed by atoms with Gasteiger partial charge in [-0.1, -0.05) is 23.2 Å². The lowest BCUT2D eigenvalue weighted by atomic mass is 10.1. The van der Waals surface area contributed by atoms with E-state index >= 15 is 0 Å². The van der Waals surface area contributed by atoms with Gasteiger partial charge in [0.25, 0.3) is 0 Å². The average Bonchev–Trinajstić information content (AvgIpc) is 2.39. The molecule has 0 spiro atoms. The van der Waals surface area contributed by atoms with Gasteiger partial charge in [-0.2, -0.15) is 0 Å². The highest BCUT2D eigenvalue weighted by atomic mass is 35.5. The summed E-state index contributed by atoms with van der Waals surface area (Å²) in [7, 11) is 0. The average molecular weight is 307 g/mol. The Bertz CT molecular complexity index is 385. The summed E-state index contributed by atoms with van der Waals surface area (Å²) in [5.74, 6) is 5.58. The highest BCUT2D eigenvalue weighted by molar-refractivity contribution is 6.33. The summed E-state index contributed by atoms with van der Waals surface area (Å²) in [6, 6.07) is 5.14. The SMILES string of the molecule is CCOC(OCC)C(Cc1cc(Cl)ccc1Cl)NN. The fraction of sp³-hybridized carbons (Fsp3) is 0.538. The molecule has 0 aliphatic carbocycles. The molecule has 6 heteroatoms. The third-order valence-corrected chi connectivity index (χ3v) is 3.26. The number of nitrogens with two attached hydrogens (primary N) is 1. The highest BCUT2D eigenvalue weighted by Gasteiger charge is 2.22. The van der Waals surface area contributed by atoms with Crippen molar-refractivity contribution in [2.75, 3.05) is 13.2 Å². The van der Waals surface area contributed by atoms with Gasteiger partial charge in [0.1, 0.15) is 0 Å². The van der Waals surface area contributed by atoms with Crippen LogP contribution in [-0.2, 0) is 15.9 Å². The number of benzene rings is 1. The minimum absolute atomic E-state index is 0.198. The fourth-order valence-corrected chi connectivity index (χ4v) is 2.17. The van der Waals surface area contributed by atoms with Crippen molar-refractivity contribution in [1.29, 1.82) is 0 Å². The molecule has 1 atom stereocenters. The standard InChI is InChI=1S/C13H20Cl2N2O2/c1-3-18-13(19-4-2)12(17-16)8-9-7-10(14)5-6-11(9)15/h5-7,12-13,17H,3-4,8,16H2,1-2H3. The van der Waals surface area contributed by atoms with Gasteiger partial charge in [-0.3, -0.25) is 11.3 Å². The van der Waals surface area contributed by atoms with Crippen molar-refractivity contribution in [3.8, 4) is 0 Å². The second-order valence-corrected chi connectivity index (χ2v) is 4.84. The van der Waals surface area contributed by atoms with Crippen LogP contribution in [0.2, 0.25) is 10.0 Å². The molecule has 108 valence electrons. The van der Waals surface area contributed by atoms with Crippen LogP contribution in [0.1, 0.15) is 19.4 Å². The van der Waals surface area contributed by atoms with Crippen LogP contribution in [0.3, 0.4) is 0 Å². The van der Waals surface area contributed by atoms with Crippen LogP contribution in [0, 0.1) is 0 Å². The van der Waals surface area contributed by atoms with Crippen molar-refractivity contribution >= 4 is 23.2 Å². The van der Waals surface area contributed by atoms with Crippen LogP contribution in [0.5, 0.6) is 0 Å². The molecule has 0 heterocycles. The van der Waals surface area contributed by atoms with Gasteiger partial charge in [-0.15, -0.1) is 0 Å². The molecule has 4 nitrogen and oxygen atoms in total. The first-order valence-electron chi connectivity index (χ1n) is 6.25. The molecule has 0 aliphatic rings. The first-order chi connectivity index (χ1) is 9.12. The molecule has 1 aromatic carbocycles. The molecule has 1 unspecified atom stereocenters. The maximum Gasteiger partial charge on any atom is 0.174 e. The molecule has 0 radical (unpaired) electrons. The van der Waals surface area contributed by atoms with Gasteiger partial charge in [0.15, 0.2) is 6.29 Å². The number of ether oxygens (including phenoxy) is 2. The summed E-state index contributed by atoms with van der Waals surface area (Å²) in [6.07, 6.45) is 0.149. The zero-order valence-electron chi connectivity index (χ0n) is 11.2. The normalized spacial score (nSPS) is 12.9. The topological polar surface area (TPSA) is 56.5 Å². The Morgan fingerprint density at radius 2 is 1.84 bits per heavy atom. The van der Waals surface area contributed by atoms with E-state index in [-0.39, 0.29) is 6.04 Å². The summed E-state index contributed by atoms with van der Waals surface area (Å²) < 4.78 is 11.1. The van der Waals surface area contributed by atoms with Gasteiger partial charge < -0.3 is 9.47 Å². The third kappa shape index (κ3) is 5.26. The molecule has 1 aromatic rings. The van der Waals surface area contributed by atoms with Crippen LogP contribution in [0.4, 0.5) is 0 Å². The number of hydrogen-bond donors (Lipinski definition) is 2. The molecule has 0 bridgehead atoms. The van der Waals surface area contributed by atoms with Gasteiger partial charge >= 0.3 is 0 Å². The van der Waals surface area contributed by atoms with Gasteiger partial charge in [-0.25, -0.2) is 0 Å². The Labute approximate surface area is 124 Å². The minimum atomic E-state index is -0.421. The lowest BCUT2D eigenvalue weighted by Gasteiger charge is -2.26. The monoisotopic (exact) mass is 306 g/mol. The lowest BCUT2D eigenvalue weighted by molar-refractivity contribution is -0.153. The first kappa shape index (κ1) is 16.7. The molecular formula is C13H20Cl2N2O2. The second kappa shape index (κ2) is 8.74. The first-order valence-corrected chi connectivity index (χ1v) is 7.01. The quantitative estimate of drug-likeness (QED) is 0.440. The van der Waals surface area contributed by atoms with Gasteiger partial charge in [-0.05, 0) is 44.0 Å². The number of hydrogen-bond acceptors (Lipinski definition) is 4. The molecule has 0 amide bonds. The van der Waals surface area contributed by atoms with E-state index in [4.69, 9.17) is 38.5 Å². The maximum atomic E-state index is 6.15. The van der Waals surface area contributed by atoms with Gasteiger partial charge in [0, 0.05) is 23.3 Å². The van der Waals surface area contributed by atoms with E-state index in [0.717, 1.165) is 5.56 Å². The lowest BCUT2D eigenvalue weighted by Crippen LogP contribution is -2.48. The number of rotatable bonds is 8. The van der Waals surface area contributed by atoms with Gasteiger partial charge in [0.2, 0.25) is 0 Å². The Kier molecular flexibility index (Phi) is 7.68. The molecule has 0 saturated heterocycles. The smallest absolute Gasteiger partial charge is 0.174 e. The largest absolute Gasteiger partial charge is 0.351 e. The third-order valence-electron chi connectivity index (χ3n) is 2.65. The summed E-state index contributed by atoms with van der Waals surface area (Å²) in [4.78, 5) is 0. The van der Waals surface area contributed by atoms with Crippen LogP contribution < -0.4 is 11.3 Å². The zero-order valence-corrected chi connectivity index (χ0v) is 12.7. The van der Waals surface area contributed by atoms with E-state index in [2.05, 4.69) is 5.43 Å². The van der Waals surface area contributed by atoms with E-state index in [9.17, 15) is 0 Å². The fourth-order valence-electron chi connectivity index (χ4n) is 1.78. The van der Waals surface area contributed by atoms with E-state index in [1.165, 1.54) is 0 Å². The maximum absolute atomic E-state index is 6.15. The zero-order chi connectivity index (χ0) is 14.3. The molecule has 0 saturated carbocycles. The molecule has 0 aromatic heterocycles. The van der Waals surface area contributed by atoms with E-state index < -0.39 is 6.29 Å². The molecular weight excluding hydrogens is 287 g/mol. The Morgan fingerprint density at radius 3 is 2.37 bits per heavy atom. The van der Waals surface area contributed by atoms with Crippen molar-refractivity contribution in [3.05, 3.63) is 33.8 Å². The predicted molar refractivity (Wildman–Crippen MR) is 78.3 cm³/mol. The minimum Gasteiger partial charge on any atom is -0.351 e. The molecule has 0 fully saturated rings. The van der Waals surface area contributed by atoms with Crippen molar-refractivity contribution < 1.29 is 9.47 Å². The predicted octanol–water partition coefficient (Wildman–Crippen LogP) is 2.77. The molecule has 1 rings (SSSR count). The summed E-state index contributed by atoms with van der Waals surface area (Å²) in [5.41, 5.74) is 3.62. The summed E-state index contributed by atoms with van der Waals surface area (Å²) >= 11 is 12.1. The van der Waals surface area contributed by atoms with Crippen LogP contribution in [-0.4, -0.2) is 25.5 Å². The Morgan fingerprint density at radius 1 is 1.21 bits per heavy atom. The van der Waals surface area contributed by atoms with Crippen molar-refractivity contribution in [1.82, 2.24) is 5.43 Å². The Balaban J connectivity index is 2.81. The van der Waals surface area contributed by atoms with Gasteiger partial charge in [0.05, 0.1) is 6.04 Å². The van der Waals surface area contributed by atoms with Crippen LogP contribution in [0.15, 0.2) is 18.2 Å². The van der Waals surface area contributed by atoms with Crippen molar-refractivity contribution in [2.24, 2.45) is 5.84 Å². The van der Waals surface area contributed by atoms with E-state index in [0.29, 0.717) is 29.7 Å². The van der Waals surface area contributed by atoms with E-state index in [1.807, 2.05) is 19.9 Å². The Hall–Kier alpha value is -0.360. The van der Waals surface area contributed by atoms with Crippen molar-refractivity contribution in [3.63, 3.8) is 0 Å². The number of nitrogens with one attached hydrogen (secondary N) is 1. The summed E-state index contributed by atoms with van der Waals surface area (Å²) in [6.45, 7) is 4.91. The second-order valence-electron chi connectivity index (χ2n) is 3.99. The highest BCUT2D eigenvalue weighted by Crippen LogP contribution is 2.23.